The average Bonchev–Trinajstić information content (AvgIpc) is 2.67. The second kappa shape index (κ2) is 4.70. The van der Waals surface area contributed by atoms with Gasteiger partial charge in [-0.2, -0.15) is 0 Å². The summed E-state index contributed by atoms with van der Waals surface area (Å²) in [6.07, 6.45) is 0.897. The Balaban J connectivity index is 2.50. The van der Waals surface area contributed by atoms with Gasteiger partial charge in [0.1, 0.15) is 0 Å². The SMILES string of the molecule is C=C(CC)C(C)C(=O)N1CCSC1. The van der Waals surface area contributed by atoms with E-state index in [1.54, 1.807) is 0 Å². The Kier molecular flexibility index (Phi) is 3.85. The Morgan fingerprint density at radius 2 is 2.38 bits per heavy atom. The fourth-order valence-electron chi connectivity index (χ4n) is 1.34. The molecule has 2 nitrogen and oxygen atoms in total. The highest BCUT2D eigenvalue weighted by Gasteiger charge is 2.24. The Morgan fingerprint density at radius 3 is 2.85 bits per heavy atom. The van der Waals surface area contributed by atoms with Gasteiger partial charge in [0.25, 0.3) is 0 Å². The van der Waals surface area contributed by atoms with Crippen molar-refractivity contribution in [3.8, 4) is 0 Å². The van der Waals surface area contributed by atoms with Crippen molar-refractivity contribution in [2.75, 3.05) is 18.2 Å². The van der Waals surface area contributed by atoms with Crippen molar-refractivity contribution >= 4 is 17.7 Å². The number of thioether (sulfide) groups is 1. The highest BCUT2D eigenvalue weighted by Crippen LogP contribution is 2.20. The Hall–Kier alpha value is -0.440. The molecule has 0 N–H and O–H groups in total. The molecule has 0 aromatic rings. The molecule has 0 radical (unpaired) electrons. The van der Waals surface area contributed by atoms with Gasteiger partial charge in [-0.25, -0.2) is 0 Å². The van der Waals surface area contributed by atoms with Crippen molar-refractivity contribution in [2.45, 2.75) is 20.3 Å². The fraction of sp³-hybridized carbons (Fsp3) is 0.700. The van der Waals surface area contributed by atoms with E-state index in [1.807, 2.05) is 30.5 Å². The zero-order chi connectivity index (χ0) is 9.84. The number of rotatable bonds is 3. The van der Waals surface area contributed by atoms with Crippen LogP contribution in [0.5, 0.6) is 0 Å². The first-order chi connectivity index (χ1) is 6.16. The van der Waals surface area contributed by atoms with Gasteiger partial charge in [0.15, 0.2) is 0 Å². The predicted octanol–water partition coefficient (Wildman–Crippen LogP) is 2.12. The van der Waals surface area contributed by atoms with Crippen LogP contribution in [0, 0.1) is 5.92 Å². The van der Waals surface area contributed by atoms with E-state index in [0.717, 1.165) is 30.2 Å². The van der Waals surface area contributed by atoms with Crippen molar-refractivity contribution in [1.82, 2.24) is 4.90 Å². The zero-order valence-corrected chi connectivity index (χ0v) is 9.19. The van der Waals surface area contributed by atoms with Gasteiger partial charge in [0.2, 0.25) is 5.91 Å². The van der Waals surface area contributed by atoms with Gasteiger partial charge in [0, 0.05) is 12.3 Å². The molecule has 1 aliphatic heterocycles. The molecule has 0 aromatic carbocycles. The van der Waals surface area contributed by atoms with Crippen LogP contribution < -0.4 is 0 Å². The van der Waals surface area contributed by atoms with Gasteiger partial charge >= 0.3 is 0 Å². The first-order valence-corrected chi connectivity index (χ1v) is 5.86. The van der Waals surface area contributed by atoms with Gasteiger partial charge in [0.05, 0.1) is 11.8 Å². The van der Waals surface area contributed by atoms with Crippen LogP contribution in [-0.2, 0) is 4.79 Å². The molecule has 0 aliphatic carbocycles. The maximum atomic E-state index is 11.8. The van der Waals surface area contributed by atoms with E-state index in [1.165, 1.54) is 0 Å². The van der Waals surface area contributed by atoms with E-state index >= 15 is 0 Å². The normalized spacial score (nSPS) is 18.8. The summed E-state index contributed by atoms with van der Waals surface area (Å²) in [5.41, 5.74) is 1.04. The lowest BCUT2D eigenvalue weighted by atomic mass is 9.99. The number of carbonyl (C=O) groups is 1. The van der Waals surface area contributed by atoms with E-state index in [9.17, 15) is 4.79 Å². The second-order valence-corrected chi connectivity index (χ2v) is 4.45. The van der Waals surface area contributed by atoms with Crippen LogP contribution in [0.3, 0.4) is 0 Å². The lowest BCUT2D eigenvalue weighted by molar-refractivity contribution is -0.132. The third kappa shape index (κ3) is 2.50. The largest absolute Gasteiger partial charge is 0.332 e. The molecular weight excluding hydrogens is 182 g/mol. The van der Waals surface area contributed by atoms with Gasteiger partial charge in [-0.1, -0.05) is 19.1 Å². The first-order valence-electron chi connectivity index (χ1n) is 4.71. The molecule has 1 fully saturated rings. The number of carbonyl (C=O) groups excluding carboxylic acids is 1. The molecule has 74 valence electrons. The average molecular weight is 199 g/mol. The van der Waals surface area contributed by atoms with Crippen LogP contribution in [0.2, 0.25) is 0 Å². The third-order valence-corrected chi connectivity index (χ3v) is 3.47. The smallest absolute Gasteiger partial charge is 0.230 e. The quantitative estimate of drug-likeness (QED) is 0.649. The van der Waals surface area contributed by atoms with Crippen molar-refractivity contribution < 1.29 is 4.79 Å². The van der Waals surface area contributed by atoms with Gasteiger partial charge < -0.3 is 4.90 Å². The number of nitrogens with zero attached hydrogens (tertiary/aromatic N) is 1. The highest BCUT2D eigenvalue weighted by molar-refractivity contribution is 7.99. The Morgan fingerprint density at radius 1 is 1.69 bits per heavy atom. The molecule has 0 spiro atoms. The van der Waals surface area contributed by atoms with Gasteiger partial charge in [-0.3, -0.25) is 4.79 Å². The molecule has 0 saturated carbocycles. The first kappa shape index (κ1) is 10.6. The lowest BCUT2D eigenvalue weighted by Crippen LogP contribution is -2.33. The number of amides is 1. The molecular formula is C10H17NOS. The lowest BCUT2D eigenvalue weighted by Gasteiger charge is -2.20. The van der Waals surface area contributed by atoms with Crippen molar-refractivity contribution in [1.29, 1.82) is 0 Å². The monoisotopic (exact) mass is 199 g/mol. The summed E-state index contributed by atoms with van der Waals surface area (Å²) in [4.78, 5) is 13.7. The molecule has 1 unspecified atom stereocenters. The van der Waals surface area contributed by atoms with E-state index in [2.05, 4.69) is 6.58 Å². The number of hydrogen-bond donors (Lipinski definition) is 0. The van der Waals surface area contributed by atoms with Gasteiger partial charge in [-0.05, 0) is 13.3 Å². The molecule has 1 heterocycles. The summed E-state index contributed by atoms with van der Waals surface area (Å²) >= 11 is 1.82. The summed E-state index contributed by atoms with van der Waals surface area (Å²) in [6, 6.07) is 0. The Bertz CT molecular complexity index is 209. The minimum atomic E-state index is 0.00343. The maximum Gasteiger partial charge on any atom is 0.230 e. The summed E-state index contributed by atoms with van der Waals surface area (Å²) in [5.74, 6) is 2.19. The third-order valence-electron chi connectivity index (χ3n) is 2.50. The molecule has 1 rings (SSSR count). The zero-order valence-electron chi connectivity index (χ0n) is 8.38. The minimum Gasteiger partial charge on any atom is -0.332 e. The van der Waals surface area contributed by atoms with Crippen LogP contribution in [0.1, 0.15) is 20.3 Å². The molecule has 3 heteroatoms. The van der Waals surface area contributed by atoms with Crippen LogP contribution in [0.4, 0.5) is 0 Å². The van der Waals surface area contributed by atoms with Crippen LogP contribution in [-0.4, -0.2) is 29.0 Å². The van der Waals surface area contributed by atoms with Crippen molar-refractivity contribution in [3.63, 3.8) is 0 Å². The van der Waals surface area contributed by atoms with Crippen molar-refractivity contribution in [3.05, 3.63) is 12.2 Å². The van der Waals surface area contributed by atoms with E-state index in [4.69, 9.17) is 0 Å². The summed E-state index contributed by atoms with van der Waals surface area (Å²) in [7, 11) is 0. The second-order valence-electron chi connectivity index (χ2n) is 3.37. The summed E-state index contributed by atoms with van der Waals surface area (Å²) in [5, 5.41) is 0. The minimum absolute atomic E-state index is 0.00343. The van der Waals surface area contributed by atoms with Crippen LogP contribution in [0.15, 0.2) is 12.2 Å². The molecule has 0 bridgehead atoms. The molecule has 1 amide bonds. The molecule has 1 atom stereocenters. The topological polar surface area (TPSA) is 20.3 Å². The predicted molar refractivity (Wildman–Crippen MR) is 57.6 cm³/mol. The molecule has 0 aromatic heterocycles. The molecule has 13 heavy (non-hydrogen) atoms. The van der Waals surface area contributed by atoms with Crippen LogP contribution >= 0.6 is 11.8 Å². The molecule has 1 saturated heterocycles. The summed E-state index contributed by atoms with van der Waals surface area (Å²) < 4.78 is 0. The van der Waals surface area contributed by atoms with Crippen LogP contribution in [0.25, 0.3) is 0 Å². The van der Waals surface area contributed by atoms with E-state index < -0.39 is 0 Å². The number of hydrogen-bond acceptors (Lipinski definition) is 2. The van der Waals surface area contributed by atoms with Crippen molar-refractivity contribution in [2.24, 2.45) is 5.92 Å². The Labute approximate surface area is 84.4 Å². The standard InChI is InChI=1S/C10H17NOS/c1-4-8(2)9(3)10(12)11-5-6-13-7-11/h9H,2,4-7H2,1,3H3. The van der Waals surface area contributed by atoms with Gasteiger partial charge in [-0.15, -0.1) is 11.8 Å². The summed E-state index contributed by atoms with van der Waals surface area (Å²) in [6.45, 7) is 8.82. The van der Waals surface area contributed by atoms with E-state index in [-0.39, 0.29) is 11.8 Å². The fourth-order valence-corrected chi connectivity index (χ4v) is 2.30. The highest BCUT2D eigenvalue weighted by atomic mass is 32.2. The maximum absolute atomic E-state index is 11.8. The molecule has 1 aliphatic rings. The van der Waals surface area contributed by atoms with E-state index in [0.29, 0.717) is 0 Å².